The van der Waals surface area contributed by atoms with E-state index in [1.807, 2.05) is 12.1 Å². The van der Waals surface area contributed by atoms with Gasteiger partial charge >= 0.3 is 0 Å². The van der Waals surface area contributed by atoms with Gasteiger partial charge in [-0.25, -0.2) is 17.5 Å². The van der Waals surface area contributed by atoms with Gasteiger partial charge in [0, 0.05) is 18.3 Å². The lowest BCUT2D eigenvalue weighted by Gasteiger charge is -2.23. The van der Waals surface area contributed by atoms with E-state index in [9.17, 15) is 12.8 Å². The molecule has 2 bridgehead atoms. The van der Waals surface area contributed by atoms with Crippen LogP contribution >= 0.6 is 0 Å². The molecule has 0 radical (unpaired) electrons. The molecule has 5 rings (SSSR count). The molecule has 4 nitrogen and oxygen atoms in total. The molecule has 0 aromatic heterocycles. The van der Waals surface area contributed by atoms with Gasteiger partial charge in [-0.15, -0.1) is 0 Å². The molecular weight excluding hydrogens is 423 g/mol. The summed E-state index contributed by atoms with van der Waals surface area (Å²) in [5.41, 5.74) is 4.49. The van der Waals surface area contributed by atoms with E-state index in [1.165, 1.54) is 17.2 Å². The van der Waals surface area contributed by atoms with Gasteiger partial charge in [0.25, 0.3) is 0 Å². The zero-order chi connectivity index (χ0) is 22.1. The zero-order valence-corrected chi connectivity index (χ0v) is 18.6. The maximum absolute atomic E-state index is 13.4. The fraction of sp³-hybridized carbons (Fsp3) is 0.308. The van der Waals surface area contributed by atoms with Gasteiger partial charge in [0.05, 0.1) is 4.90 Å². The van der Waals surface area contributed by atoms with Gasteiger partial charge in [-0.05, 0) is 90.6 Å². The Morgan fingerprint density at radius 2 is 1.59 bits per heavy atom. The van der Waals surface area contributed by atoms with Crippen LogP contribution in [0.4, 0.5) is 10.1 Å². The third-order valence-corrected chi connectivity index (χ3v) is 8.30. The van der Waals surface area contributed by atoms with Crippen LogP contribution in [0.2, 0.25) is 0 Å². The summed E-state index contributed by atoms with van der Waals surface area (Å²) in [7, 11) is -3.53. The van der Waals surface area contributed by atoms with Crippen molar-refractivity contribution in [2.75, 3.05) is 5.32 Å². The molecule has 0 saturated heterocycles. The molecule has 2 aliphatic rings. The molecule has 3 atom stereocenters. The smallest absolute Gasteiger partial charge is 0.240 e. The van der Waals surface area contributed by atoms with E-state index < -0.39 is 10.0 Å². The van der Waals surface area contributed by atoms with Gasteiger partial charge in [0.2, 0.25) is 10.0 Å². The Morgan fingerprint density at radius 1 is 0.844 bits per heavy atom. The van der Waals surface area contributed by atoms with Gasteiger partial charge in [0.15, 0.2) is 0 Å². The lowest BCUT2D eigenvalue weighted by atomic mass is 9.93. The van der Waals surface area contributed by atoms with Crippen LogP contribution < -0.4 is 10.0 Å². The summed E-state index contributed by atoms with van der Waals surface area (Å²) in [4.78, 5) is 0.324. The van der Waals surface area contributed by atoms with E-state index >= 15 is 0 Å². The number of rotatable bonds is 6. The second kappa shape index (κ2) is 8.68. The number of sulfonamides is 1. The molecule has 3 unspecified atom stereocenters. The third-order valence-electron chi connectivity index (χ3n) is 6.82. The first-order valence-corrected chi connectivity index (χ1v) is 12.6. The minimum absolute atomic E-state index is 0.0451. The molecule has 1 saturated carbocycles. The number of nitrogens with one attached hydrogen (secondary N) is 2. The summed E-state index contributed by atoms with van der Waals surface area (Å²) in [5, 5.41) is 3.40. The molecule has 0 spiro atoms. The Hall–Kier alpha value is -2.70. The minimum Gasteiger partial charge on any atom is -0.381 e. The largest absolute Gasteiger partial charge is 0.381 e. The normalized spacial score (nSPS) is 22.2. The number of fused-ring (bicyclic) bond motifs is 3. The standard InChI is InChI=1S/C26H27FN2O2S/c27-23-6-4-5-18(13-23)17-28-24-12-11-19-14-20-9-10-21(15-22(19)16-24)26(20)29-32(30,31)25-7-2-1-3-8-25/h1-8,11-13,16,20-21,26,28-29H,9-10,14-15,17H2. The Morgan fingerprint density at radius 3 is 2.34 bits per heavy atom. The van der Waals surface area contributed by atoms with Gasteiger partial charge in [0.1, 0.15) is 5.82 Å². The highest BCUT2D eigenvalue weighted by atomic mass is 32.2. The Balaban J connectivity index is 1.32. The van der Waals surface area contributed by atoms with Crippen molar-refractivity contribution in [3.05, 3.63) is 95.3 Å². The highest BCUT2D eigenvalue weighted by Gasteiger charge is 2.41. The van der Waals surface area contributed by atoms with Crippen molar-refractivity contribution >= 4 is 15.7 Å². The van der Waals surface area contributed by atoms with Crippen molar-refractivity contribution in [1.29, 1.82) is 0 Å². The average molecular weight is 451 g/mol. The first-order chi connectivity index (χ1) is 15.5. The Labute approximate surface area is 188 Å². The molecule has 3 aromatic carbocycles. The van der Waals surface area contributed by atoms with Gasteiger partial charge in [-0.2, -0.15) is 0 Å². The highest BCUT2D eigenvalue weighted by molar-refractivity contribution is 7.89. The van der Waals surface area contributed by atoms with E-state index in [2.05, 4.69) is 28.2 Å². The Bertz CT molecular complexity index is 1210. The molecule has 0 heterocycles. The number of halogens is 1. The first-order valence-electron chi connectivity index (χ1n) is 11.2. The van der Waals surface area contributed by atoms with Crippen LogP contribution in [0, 0.1) is 17.7 Å². The van der Waals surface area contributed by atoms with Crippen LogP contribution in [-0.2, 0) is 29.4 Å². The molecule has 0 aliphatic heterocycles. The van der Waals surface area contributed by atoms with Crippen LogP contribution in [0.15, 0.2) is 77.7 Å². The van der Waals surface area contributed by atoms with E-state index in [0.29, 0.717) is 23.3 Å². The second-order valence-corrected chi connectivity index (χ2v) is 10.6. The maximum Gasteiger partial charge on any atom is 0.240 e. The second-order valence-electron chi connectivity index (χ2n) is 8.93. The van der Waals surface area contributed by atoms with Crippen molar-refractivity contribution in [1.82, 2.24) is 4.72 Å². The topological polar surface area (TPSA) is 58.2 Å². The lowest BCUT2D eigenvalue weighted by molar-refractivity contribution is 0.386. The molecule has 166 valence electrons. The van der Waals surface area contributed by atoms with Crippen LogP contribution in [0.25, 0.3) is 0 Å². The fourth-order valence-corrected chi connectivity index (χ4v) is 6.61. The van der Waals surface area contributed by atoms with Crippen molar-refractivity contribution in [3.8, 4) is 0 Å². The lowest BCUT2D eigenvalue weighted by Crippen LogP contribution is -2.41. The predicted molar refractivity (Wildman–Crippen MR) is 124 cm³/mol. The summed E-state index contributed by atoms with van der Waals surface area (Å²) in [6.45, 7) is 0.558. The molecule has 2 aliphatic carbocycles. The van der Waals surface area contributed by atoms with E-state index in [-0.39, 0.29) is 11.9 Å². The van der Waals surface area contributed by atoms with E-state index in [1.54, 1.807) is 36.4 Å². The highest BCUT2D eigenvalue weighted by Crippen LogP contribution is 2.41. The average Bonchev–Trinajstić information content (AvgIpc) is 3.06. The molecule has 0 amide bonds. The van der Waals surface area contributed by atoms with Crippen LogP contribution in [0.1, 0.15) is 29.5 Å². The molecular formula is C26H27FN2O2S. The third kappa shape index (κ3) is 4.43. The SMILES string of the molecule is O=S(=O)(NC1C2CCC1Cc1cc(NCc3cccc(F)c3)ccc1C2)c1ccccc1. The molecule has 32 heavy (non-hydrogen) atoms. The summed E-state index contributed by atoms with van der Waals surface area (Å²) in [5.74, 6) is 0.371. The molecule has 2 N–H and O–H groups in total. The summed E-state index contributed by atoms with van der Waals surface area (Å²) < 4.78 is 42.4. The first kappa shape index (κ1) is 21.2. The number of hydrogen-bond donors (Lipinski definition) is 2. The number of hydrogen-bond acceptors (Lipinski definition) is 3. The maximum atomic E-state index is 13.4. The van der Waals surface area contributed by atoms with E-state index in [0.717, 1.165) is 36.9 Å². The van der Waals surface area contributed by atoms with Crippen LogP contribution in [-0.4, -0.2) is 14.5 Å². The van der Waals surface area contributed by atoms with Crippen molar-refractivity contribution in [2.24, 2.45) is 11.8 Å². The van der Waals surface area contributed by atoms with Crippen LogP contribution in [0.3, 0.4) is 0 Å². The van der Waals surface area contributed by atoms with Crippen molar-refractivity contribution < 1.29 is 12.8 Å². The van der Waals surface area contributed by atoms with Gasteiger partial charge < -0.3 is 5.32 Å². The summed E-state index contributed by atoms with van der Waals surface area (Å²) in [6.07, 6.45) is 3.83. The number of anilines is 1. The van der Waals surface area contributed by atoms with Crippen molar-refractivity contribution in [2.45, 2.75) is 43.2 Å². The fourth-order valence-electron chi connectivity index (χ4n) is 5.21. The quantitative estimate of drug-likeness (QED) is 0.561. The summed E-state index contributed by atoms with van der Waals surface area (Å²) >= 11 is 0. The van der Waals surface area contributed by atoms with Gasteiger partial charge in [-0.3, -0.25) is 0 Å². The van der Waals surface area contributed by atoms with Crippen LogP contribution in [0.5, 0.6) is 0 Å². The minimum atomic E-state index is -3.53. The zero-order valence-electron chi connectivity index (χ0n) is 17.8. The van der Waals surface area contributed by atoms with Crippen molar-refractivity contribution in [3.63, 3.8) is 0 Å². The molecule has 1 fully saturated rings. The molecule has 6 heteroatoms. The molecule has 3 aromatic rings. The Kier molecular flexibility index (Phi) is 5.74. The predicted octanol–water partition coefficient (Wildman–Crippen LogP) is 4.91. The monoisotopic (exact) mass is 450 g/mol. The summed E-state index contributed by atoms with van der Waals surface area (Å²) in [6, 6.07) is 21.6. The van der Waals surface area contributed by atoms with E-state index in [4.69, 9.17) is 0 Å². The number of benzene rings is 3. The van der Waals surface area contributed by atoms with Gasteiger partial charge in [-0.1, -0.05) is 36.4 Å².